The van der Waals surface area contributed by atoms with Crippen LogP contribution in [-0.4, -0.2) is 60.3 Å². The number of thioether (sulfide) groups is 1. The number of hydrogen-bond donors (Lipinski definition) is 1. The Labute approximate surface area is 120 Å². The van der Waals surface area contributed by atoms with Crippen LogP contribution in [0.15, 0.2) is 0 Å². The van der Waals surface area contributed by atoms with E-state index in [9.17, 15) is 0 Å². The largest absolute Gasteiger partial charge is 0.375 e. The van der Waals surface area contributed by atoms with Gasteiger partial charge in [0.05, 0.1) is 5.60 Å². The Morgan fingerprint density at radius 3 is 2.89 bits per heavy atom. The van der Waals surface area contributed by atoms with E-state index in [2.05, 4.69) is 22.0 Å². The average Bonchev–Trinajstić information content (AvgIpc) is 3.00. The van der Waals surface area contributed by atoms with E-state index in [1.807, 2.05) is 0 Å². The Morgan fingerprint density at radius 1 is 1.16 bits per heavy atom. The zero-order valence-corrected chi connectivity index (χ0v) is 12.6. The molecular formula is C15H26N2OS. The maximum absolute atomic E-state index is 6.23. The fourth-order valence-corrected chi connectivity index (χ4v) is 5.82. The minimum atomic E-state index is 0.249. The highest BCUT2D eigenvalue weighted by Crippen LogP contribution is 2.40. The fraction of sp³-hybridized carbons (Fsp3) is 1.00. The van der Waals surface area contributed by atoms with Crippen molar-refractivity contribution in [3.63, 3.8) is 0 Å². The summed E-state index contributed by atoms with van der Waals surface area (Å²) in [7, 11) is 0. The standard InChI is InChI=1S/C15H26N2OS/c1-5-16-14-11-17(10-12(1)14)13-2-6-18-15(9-13)3-7-19-8-4-15/h12-14,16H,1-11H2/t12-,13?,14+/m0/s1. The van der Waals surface area contributed by atoms with Crippen LogP contribution >= 0.6 is 11.8 Å². The molecule has 4 heteroatoms. The molecule has 0 amide bonds. The van der Waals surface area contributed by atoms with Crippen molar-refractivity contribution < 1.29 is 4.74 Å². The number of fused-ring (bicyclic) bond motifs is 1. The van der Waals surface area contributed by atoms with Crippen LogP contribution in [-0.2, 0) is 4.74 Å². The summed E-state index contributed by atoms with van der Waals surface area (Å²) in [5.41, 5.74) is 0.249. The summed E-state index contributed by atoms with van der Waals surface area (Å²) in [4.78, 5) is 2.79. The van der Waals surface area contributed by atoms with Gasteiger partial charge in [-0.2, -0.15) is 11.8 Å². The van der Waals surface area contributed by atoms with Gasteiger partial charge in [-0.3, -0.25) is 4.90 Å². The molecule has 4 fully saturated rings. The van der Waals surface area contributed by atoms with Crippen LogP contribution < -0.4 is 5.32 Å². The monoisotopic (exact) mass is 282 g/mol. The third kappa shape index (κ3) is 2.45. The van der Waals surface area contributed by atoms with Crippen molar-refractivity contribution in [2.24, 2.45) is 5.92 Å². The van der Waals surface area contributed by atoms with Gasteiger partial charge in [0.25, 0.3) is 0 Å². The van der Waals surface area contributed by atoms with Crippen LogP contribution in [0.25, 0.3) is 0 Å². The topological polar surface area (TPSA) is 24.5 Å². The van der Waals surface area contributed by atoms with Gasteiger partial charge in [0.2, 0.25) is 0 Å². The van der Waals surface area contributed by atoms with E-state index in [0.717, 1.165) is 24.6 Å². The lowest BCUT2D eigenvalue weighted by molar-refractivity contribution is -0.108. The maximum Gasteiger partial charge on any atom is 0.0713 e. The van der Waals surface area contributed by atoms with Crippen LogP contribution in [0.3, 0.4) is 0 Å². The molecule has 0 radical (unpaired) electrons. The lowest BCUT2D eigenvalue weighted by Crippen LogP contribution is -2.50. The molecule has 3 nitrogen and oxygen atoms in total. The normalized spacial score (nSPS) is 42.6. The quantitative estimate of drug-likeness (QED) is 0.791. The van der Waals surface area contributed by atoms with E-state index < -0.39 is 0 Å². The first-order chi connectivity index (χ1) is 9.35. The predicted molar refractivity (Wildman–Crippen MR) is 79.7 cm³/mol. The van der Waals surface area contributed by atoms with Crippen LogP contribution in [0.5, 0.6) is 0 Å². The SMILES string of the molecule is C1C[C@H]2CN(C3CCOC4(CCSCC4)C3)C[C@H]2N1. The van der Waals surface area contributed by atoms with Gasteiger partial charge in [0.1, 0.15) is 0 Å². The minimum absolute atomic E-state index is 0.249. The maximum atomic E-state index is 6.23. The van der Waals surface area contributed by atoms with Crippen molar-refractivity contribution in [3.05, 3.63) is 0 Å². The second-order valence-electron chi connectivity index (χ2n) is 6.85. The Hall–Kier alpha value is 0.230. The number of nitrogens with zero attached hydrogens (tertiary/aromatic N) is 1. The third-order valence-electron chi connectivity index (χ3n) is 5.78. The molecule has 0 aromatic rings. The van der Waals surface area contributed by atoms with Gasteiger partial charge >= 0.3 is 0 Å². The van der Waals surface area contributed by atoms with Crippen molar-refractivity contribution in [1.29, 1.82) is 0 Å². The van der Waals surface area contributed by atoms with Crippen molar-refractivity contribution in [2.75, 3.05) is 37.7 Å². The summed E-state index contributed by atoms with van der Waals surface area (Å²) in [6.45, 7) is 4.88. The zero-order chi connectivity index (χ0) is 12.7. The van der Waals surface area contributed by atoms with Crippen LogP contribution in [0.4, 0.5) is 0 Å². The molecule has 0 saturated carbocycles. The summed E-state index contributed by atoms with van der Waals surface area (Å²) < 4.78 is 6.23. The zero-order valence-electron chi connectivity index (χ0n) is 11.8. The van der Waals surface area contributed by atoms with Gasteiger partial charge in [0, 0.05) is 31.8 Å². The van der Waals surface area contributed by atoms with E-state index in [4.69, 9.17) is 4.74 Å². The molecule has 4 heterocycles. The van der Waals surface area contributed by atoms with Crippen molar-refractivity contribution in [1.82, 2.24) is 10.2 Å². The first kappa shape index (κ1) is 12.9. The summed E-state index contributed by atoms with van der Waals surface area (Å²) in [5.74, 6) is 3.54. The molecule has 4 aliphatic rings. The lowest BCUT2D eigenvalue weighted by Gasteiger charge is -2.45. The Bertz CT molecular complexity index is 315. The number of rotatable bonds is 1. The van der Waals surface area contributed by atoms with E-state index in [0.29, 0.717) is 0 Å². The molecule has 19 heavy (non-hydrogen) atoms. The second-order valence-corrected chi connectivity index (χ2v) is 8.08. The average molecular weight is 282 g/mol. The highest BCUT2D eigenvalue weighted by Gasteiger charge is 2.44. The second kappa shape index (κ2) is 5.21. The van der Waals surface area contributed by atoms with E-state index in [1.54, 1.807) is 0 Å². The molecular weight excluding hydrogens is 256 g/mol. The van der Waals surface area contributed by atoms with Gasteiger partial charge in [0.15, 0.2) is 0 Å². The molecule has 4 aliphatic heterocycles. The highest BCUT2D eigenvalue weighted by molar-refractivity contribution is 7.99. The predicted octanol–water partition coefficient (Wildman–Crippen LogP) is 1.72. The van der Waals surface area contributed by atoms with E-state index in [-0.39, 0.29) is 5.60 Å². The fourth-order valence-electron chi connectivity index (χ4n) is 4.59. The molecule has 0 bridgehead atoms. The van der Waals surface area contributed by atoms with Gasteiger partial charge in [-0.15, -0.1) is 0 Å². The highest BCUT2D eigenvalue weighted by atomic mass is 32.2. The van der Waals surface area contributed by atoms with Crippen LogP contribution in [0, 0.1) is 5.92 Å². The molecule has 1 N–H and O–H groups in total. The van der Waals surface area contributed by atoms with Crippen molar-refractivity contribution in [2.45, 2.75) is 49.8 Å². The van der Waals surface area contributed by atoms with Gasteiger partial charge in [-0.25, -0.2) is 0 Å². The summed E-state index contributed by atoms with van der Waals surface area (Å²) >= 11 is 2.11. The number of ether oxygens (including phenoxy) is 1. The Balaban J connectivity index is 1.41. The lowest BCUT2D eigenvalue weighted by atomic mass is 9.85. The van der Waals surface area contributed by atoms with Crippen LogP contribution in [0.2, 0.25) is 0 Å². The molecule has 4 rings (SSSR count). The molecule has 0 aliphatic carbocycles. The number of likely N-dealkylation sites (tertiary alicyclic amines) is 1. The molecule has 1 spiro atoms. The Kier molecular flexibility index (Phi) is 3.55. The first-order valence-electron chi connectivity index (χ1n) is 8.04. The Morgan fingerprint density at radius 2 is 2.05 bits per heavy atom. The summed E-state index contributed by atoms with van der Waals surface area (Å²) in [6, 6.07) is 1.59. The van der Waals surface area contributed by atoms with Crippen molar-refractivity contribution in [3.8, 4) is 0 Å². The molecule has 108 valence electrons. The summed E-state index contributed by atoms with van der Waals surface area (Å²) in [6.07, 6.45) is 6.52. The summed E-state index contributed by atoms with van der Waals surface area (Å²) in [5, 5.41) is 3.68. The van der Waals surface area contributed by atoms with E-state index in [1.165, 1.54) is 63.2 Å². The van der Waals surface area contributed by atoms with Crippen LogP contribution in [0.1, 0.15) is 32.1 Å². The van der Waals surface area contributed by atoms with Gasteiger partial charge in [-0.1, -0.05) is 0 Å². The smallest absolute Gasteiger partial charge is 0.0713 e. The molecule has 1 unspecified atom stereocenters. The van der Waals surface area contributed by atoms with Gasteiger partial charge < -0.3 is 10.1 Å². The van der Waals surface area contributed by atoms with Crippen molar-refractivity contribution >= 4 is 11.8 Å². The molecule has 0 aromatic heterocycles. The third-order valence-corrected chi connectivity index (χ3v) is 6.76. The molecule has 4 saturated heterocycles. The first-order valence-corrected chi connectivity index (χ1v) is 9.19. The molecule has 0 aromatic carbocycles. The van der Waals surface area contributed by atoms with E-state index >= 15 is 0 Å². The minimum Gasteiger partial charge on any atom is -0.375 e. The number of nitrogens with one attached hydrogen (secondary N) is 1. The number of hydrogen-bond acceptors (Lipinski definition) is 4. The molecule has 3 atom stereocenters. The van der Waals surface area contributed by atoms with Gasteiger partial charge in [-0.05, 0) is 56.1 Å².